The minimum Gasteiger partial charge on any atom is -0.465 e. The fourth-order valence-corrected chi connectivity index (χ4v) is 4.51. The highest BCUT2D eigenvalue weighted by molar-refractivity contribution is 7.89. The van der Waals surface area contributed by atoms with E-state index < -0.39 is 10.0 Å². The van der Waals surface area contributed by atoms with Crippen LogP contribution in [0.1, 0.15) is 37.1 Å². The fourth-order valence-electron chi connectivity index (χ4n) is 2.75. The summed E-state index contributed by atoms with van der Waals surface area (Å²) in [5.41, 5.74) is 0.339. The average Bonchev–Trinajstić information content (AvgIpc) is 2.91. The lowest BCUT2D eigenvalue weighted by molar-refractivity contribution is -0.149. The van der Waals surface area contributed by atoms with Crippen molar-refractivity contribution in [2.45, 2.75) is 44.4 Å². The summed E-state index contributed by atoms with van der Waals surface area (Å²) in [4.78, 5) is 12.1. The Morgan fingerprint density at radius 1 is 1.42 bits per heavy atom. The van der Waals surface area contributed by atoms with Crippen LogP contribution in [-0.2, 0) is 19.6 Å². The Hall–Kier alpha value is -1.92. The standard InChI is InChI=1S/C15H21N3O5S/c1-11-14(12(2)23-17-11)24(20,21)18-8-5-13(6-9-18)15(19)22-10-4-3-7-16/h13H,3-6,8-10H2,1-2H3. The van der Waals surface area contributed by atoms with Crippen molar-refractivity contribution in [3.63, 3.8) is 0 Å². The zero-order valence-corrected chi connectivity index (χ0v) is 14.6. The number of esters is 1. The summed E-state index contributed by atoms with van der Waals surface area (Å²) in [5, 5.41) is 12.1. The summed E-state index contributed by atoms with van der Waals surface area (Å²) in [6.07, 6.45) is 1.70. The second kappa shape index (κ2) is 7.77. The first-order valence-electron chi connectivity index (χ1n) is 7.84. The van der Waals surface area contributed by atoms with Gasteiger partial charge in [-0.15, -0.1) is 0 Å². The van der Waals surface area contributed by atoms with Gasteiger partial charge in [-0.3, -0.25) is 4.79 Å². The summed E-state index contributed by atoms with van der Waals surface area (Å²) in [5.74, 6) is -0.350. The molecule has 1 aliphatic heterocycles. The number of nitrogens with zero attached hydrogens (tertiary/aromatic N) is 3. The smallest absolute Gasteiger partial charge is 0.309 e. The number of hydrogen-bond acceptors (Lipinski definition) is 7. The van der Waals surface area contributed by atoms with Gasteiger partial charge in [0.25, 0.3) is 0 Å². The molecule has 0 saturated carbocycles. The maximum atomic E-state index is 12.7. The number of nitriles is 1. The highest BCUT2D eigenvalue weighted by Crippen LogP contribution is 2.28. The molecule has 1 saturated heterocycles. The molecule has 8 nitrogen and oxygen atoms in total. The van der Waals surface area contributed by atoms with Crippen molar-refractivity contribution >= 4 is 16.0 Å². The molecular weight excluding hydrogens is 334 g/mol. The number of carbonyl (C=O) groups excluding carboxylic acids is 1. The number of carbonyl (C=O) groups is 1. The van der Waals surface area contributed by atoms with Crippen LogP contribution < -0.4 is 0 Å². The normalized spacial score (nSPS) is 16.7. The number of hydrogen-bond donors (Lipinski definition) is 0. The number of aryl methyl sites for hydroxylation is 2. The third kappa shape index (κ3) is 3.94. The molecule has 24 heavy (non-hydrogen) atoms. The van der Waals surface area contributed by atoms with Gasteiger partial charge in [0.05, 0.1) is 18.6 Å². The Kier molecular flexibility index (Phi) is 5.96. The van der Waals surface area contributed by atoms with E-state index in [9.17, 15) is 13.2 Å². The molecule has 9 heteroatoms. The quantitative estimate of drug-likeness (QED) is 0.561. The highest BCUT2D eigenvalue weighted by Gasteiger charge is 2.35. The van der Waals surface area contributed by atoms with E-state index in [1.165, 1.54) is 4.31 Å². The molecule has 0 bridgehead atoms. The van der Waals surface area contributed by atoms with Crippen LogP contribution in [0.2, 0.25) is 0 Å². The van der Waals surface area contributed by atoms with Gasteiger partial charge in [0, 0.05) is 19.5 Å². The molecule has 0 aliphatic carbocycles. The number of unbranched alkanes of at least 4 members (excludes halogenated alkanes) is 1. The molecule has 2 heterocycles. The van der Waals surface area contributed by atoms with E-state index in [-0.39, 0.29) is 42.2 Å². The van der Waals surface area contributed by atoms with E-state index in [0.29, 0.717) is 31.4 Å². The Labute approximate surface area is 141 Å². The lowest BCUT2D eigenvalue weighted by Gasteiger charge is -2.29. The zero-order valence-electron chi connectivity index (χ0n) is 13.8. The monoisotopic (exact) mass is 355 g/mol. The molecule has 0 N–H and O–H groups in total. The van der Waals surface area contributed by atoms with E-state index in [2.05, 4.69) is 5.16 Å². The zero-order chi connectivity index (χ0) is 17.7. The van der Waals surface area contributed by atoms with Crippen LogP contribution in [0.4, 0.5) is 0 Å². The summed E-state index contributed by atoms with van der Waals surface area (Å²) in [6.45, 7) is 3.89. The van der Waals surface area contributed by atoms with Crippen LogP contribution in [-0.4, -0.2) is 43.5 Å². The second-order valence-electron chi connectivity index (χ2n) is 5.76. The van der Waals surface area contributed by atoms with Gasteiger partial charge in [-0.05, 0) is 33.1 Å². The summed E-state index contributed by atoms with van der Waals surface area (Å²) in [6, 6.07) is 1.99. The van der Waals surface area contributed by atoms with E-state index >= 15 is 0 Å². The maximum Gasteiger partial charge on any atom is 0.309 e. The van der Waals surface area contributed by atoms with Crippen LogP contribution in [0.5, 0.6) is 0 Å². The van der Waals surface area contributed by atoms with Gasteiger partial charge >= 0.3 is 5.97 Å². The van der Waals surface area contributed by atoms with Gasteiger partial charge < -0.3 is 9.26 Å². The molecule has 0 unspecified atom stereocenters. The molecule has 1 aromatic rings. The Bertz CT molecular complexity index is 707. The largest absolute Gasteiger partial charge is 0.465 e. The number of sulfonamides is 1. The number of aromatic nitrogens is 1. The Morgan fingerprint density at radius 3 is 2.62 bits per heavy atom. The molecule has 1 aliphatic rings. The van der Waals surface area contributed by atoms with Gasteiger partial charge in [0.15, 0.2) is 5.76 Å². The topological polar surface area (TPSA) is 114 Å². The Morgan fingerprint density at radius 2 is 2.08 bits per heavy atom. The lowest BCUT2D eigenvalue weighted by Crippen LogP contribution is -2.40. The molecule has 2 rings (SSSR count). The van der Waals surface area contributed by atoms with Gasteiger partial charge in [0.1, 0.15) is 10.6 Å². The molecule has 0 amide bonds. The number of piperidine rings is 1. The van der Waals surface area contributed by atoms with Crippen molar-refractivity contribution in [3.05, 3.63) is 11.5 Å². The Balaban J connectivity index is 1.93. The van der Waals surface area contributed by atoms with E-state index in [1.54, 1.807) is 13.8 Å². The molecule has 0 aromatic carbocycles. The fraction of sp³-hybridized carbons (Fsp3) is 0.667. The predicted molar refractivity (Wildman–Crippen MR) is 83.3 cm³/mol. The predicted octanol–water partition coefficient (Wildman–Crippen LogP) is 1.54. The van der Waals surface area contributed by atoms with Crippen LogP contribution in [0.3, 0.4) is 0 Å². The average molecular weight is 355 g/mol. The molecule has 1 aromatic heterocycles. The van der Waals surface area contributed by atoms with Crippen LogP contribution in [0.15, 0.2) is 9.42 Å². The summed E-state index contributed by atoms with van der Waals surface area (Å²) < 4.78 is 36.8. The van der Waals surface area contributed by atoms with Crippen LogP contribution in [0.25, 0.3) is 0 Å². The molecule has 132 valence electrons. The van der Waals surface area contributed by atoms with Gasteiger partial charge in [-0.1, -0.05) is 5.16 Å². The minimum atomic E-state index is -3.66. The number of ether oxygens (including phenoxy) is 1. The van der Waals surface area contributed by atoms with Crippen LogP contribution >= 0.6 is 0 Å². The van der Waals surface area contributed by atoms with Crippen molar-refractivity contribution in [1.82, 2.24) is 9.46 Å². The van der Waals surface area contributed by atoms with Crippen molar-refractivity contribution < 1.29 is 22.5 Å². The summed E-state index contributed by atoms with van der Waals surface area (Å²) >= 11 is 0. The summed E-state index contributed by atoms with van der Waals surface area (Å²) in [7, 11) is -3.66. The first-order chi connectivity index (χ1) is 11.4. The molecular formula is C15H21N3O5S. The third-order valence-corrected chi connectivity index (χ3v) is 6.17. The molecule has 0 atom stereocenters. The molecule has 0 radical (unpaired) electrons. The third-order valence-electron chi connectivity index (χ3n) is 4.03. The lowest BCUT2D eigenvalue weighted by atomic mass is 9.98. The van der Waals surface area contributed by atoms with Crippen LogP contribution in [0, 0.1) is 31.1 Å². The highest BCUT2D eigenvalue weighted by atomic mass is 32.2. The second-order valence-corrected chi connectivity index (χ2v) is 7.64. The van der Waals surface area contributed by atoms with Crippen molar-refractivity contribution in [1.29, 1.82) is 5.26 Å². The van der Waals surface area contributed by atoms with Gasteiger partial charge in [-0.2, -0.15) is 9.57 Å². The van der Waals surface area contributed by atoms with Crippen molar-refractivity contribution in [3.8, 4) is 6.07 Å². The first-order valence-corrected chi connectivity index (χ1v) is 9.28. The van der Waals surface area contributed by atoms with E-state index in [4.69, 9.17) is 14.5 Å². The molecule has 0 spiro atoms. The maximum absolute atomic E-state index is 12.7. The van der Waals surface area contributed by atoms with E-state index in [1.807, 2.05) is 6.07 Å². The first kappa shape index (κ1) is 18.4. The SMILES string of the molecule is Cc1noc(C)c1S(=O)(=O)N1CCC(C(=O)OCCCC#N)CC1. The van der Waals surface area contributed by atoms with Gasteiger partial charge in [0.2, 0.25) is 10.0 Å². The minimum absolute atomic E-state index is 0.111. The molecule has 1 fully saturated rings. The number of rotatable bonds is 6. The van der Waals surface area contributed by atoms with E-state index in [0.717, 1.165) is 0 Å². The van der Waals surface area contributed by atoms with Crippen molar-refractivity contribution in [2.75, 3.05) is 19.7 Å². The van der Waals surface area contributed by atoms with Gasteiger partial charge in [-0.25, -0.2) is 8.42 Å². The van der Waals surface area contributed by atoms with Crippen molar-refractivity contribution in [2.24, 2.45) is 5.92 Å².